The summed E-state index contributed by atoms with van der Waals surface area (Å²) in [6, 6.07) is 14.0. The van der Waals surface area contributed by atoms with Gasteiger partial charge in [-0.25, -0.2) is 0 Å². The Bertz CT molecular complexity index is 1190. The van der Waals surface area contributed by atoms with Crippen LogP contribution in [0.15, 0.2) is 48.5 Å². The first-order valence-electron chi connectivity index (χ1n) is 12.9. The Balaban J connectivity index is 1.46. The average Bonchev–Trinajstić information content (AvgIpc) is 2.84. The van der Waals surface area contributed by atoms with E-state index in [9.17, 15) is 14.4 Å². The number of benzene rings is 2. The monoisotopic (exact) mass is 523 g/mol. The zero-order valence-electron chi connectivity index (χ0n) is 21.3. The van der Waals surface area contributed by atoms with Gasteiger partial charge in [-0.1, -0.05) is 23.7 Å². The van der Waals surface area contributed by atoms with Gasteiger partial charge >= 0.3 is 0 Å². The first kappa shape index (κ1) is 25.6. The lowest BCUT2D eigenvalue weighted by atomic mass is 9.47. The number of halogens is 1. The molecule has 2 aromatic carbocycles. The summed E-state index contributed by atoms with van der Waals surface area (Å²) in [6.45, 7) is 3.94. The van der Waals surface area contributed by atoms with Crippen LogP contribution in [0.25, 0.3) is 0 Å². The van der Waals surface area contributed by atoms with Gasteiger partial charge in [-0.2, -0.15) is 0 Å². The lowest BCUT2D eigenvalue weighted by Crippen LogP contribution is -2.64. The molecule has 2 atom stereocenters. The van der Waals surface area contributed by atoms with E-state index < -0.39 is 16.9 Å². The van der Waals surface area contributed by atoms with Crippen molar-refractivity contribution in [2.75, 3.05) is 0 Å². The molecule has 7 nitrogen and oxygen atoms in total. The molecule has 37 heavy (non-hydrogen) atoms. The zero-order chi connectivity index (χ0) is 26.5. The largest absolute Gasteiger partial charge is 0.478 e. The molecule has 4 aliphatic rings. The fourth-order valence-corrected chi connectivity index (χ4v) is 7.40. The average molecular weight is 524 g/mol. The molecule has 2 unspecified atom stereocenters. The van der Waals surface area contributed by atoms with Gasteiger partial charge in [-0.05, 0) is 106 Å². The molecule has 6 rings (SSSR count). The van der Waals surface area contributed by atoms with E-state index in [0.29, 0.717) is 28.8 Å². The Morgan fingerprint density at radius 3 is 2.11 bits per heavy atom. The number of carbonyl (C=O) groups excluding carboxylic acids is 3. The van der Waals surface area contributed by atoms with E-state index in [0.717, 1.165) is 37.7 Å². The fourth-order valence-electron chi connectivity index (χ4n) is 7.28. The minimum Gasteiger partial charge on any atom is -0.478 e. The summed E-state index contributed by atoms with van der Waals surface area (Å²) < 4.78 is 6.20. The number of nitrogens with zero attached hydrogens (tertiary/aromatic N) is 1. The lowest BCUT2D eigenvalue weighted by molar-refractivity contribution is -0.169. The quantitative estimate of drug-likeness (QED) is 0.536. The normalized spacial score (nSPS) is 28.1. The molecule has 4 saturated carbocycles. The standard InChI is InChI=1S/C29H34ClN3O4/c1-28(2,37-23-9-7-22(30)8-10-23)27(36)33(16-17-3-5-19(6-4-17)25(31)34)24-20-11-18-12-21(24)15-29(13-18,14-20)26(32)35/h3-10,18,20-21,24H,11-16H2,1-2H3,(H2,31,34)(H2,32,35). The molecule has 0 saturated heterocycles. The molecule has 4 aliphatic carbocycles. The predicted octanol–water partition coefficient (Wildman–Crippen LogP) is 4.31. The summed E-state index contributed by atoms with van der Waals surface area (Å²) in [5, 5.41) is 0.592. The third-order valence-electron chi connectivity index (χ3n) is 8.66. The summed E-state index contributed by atoms with van der Waals surface area (Å²) in [6.07, 6.45) is 4.32. The molecule has 0 aliphatic heterocycles. The number of primary amides is 2. The van der Waals surface area contributed by atoms with Crippen LogP contribution in [-0.2, 0) is 16.1 Å². The fraction of sp³-hybridized carbons (Fsp3) is 0.483. The smallest absolute Gasteiger partial charge is 0.266 e. The summed E-state index contributed by atoms with van der Waals surface area (Å²) in [7, 11) is 0. The topological polar surface area (TPSA) is 116 Å². The molecular formula is C29H34ClN3O4. The predicted molar refractivity (Wildman–Crippen MR) is 141 cm³/mol. The van der Waals surface area contributed by atoms with Crippen LogP contribution in [-0.4, -0.2) is 34.3 Å². The van der Waals surface area contributed by atoms with Crippen LogP contribution < -0.4 is 16.2 Å². The van der Waals surface area contributed by atoms with Crippen molar-refractivity contribution in [3.05, 3.63) is 64.7 Å². The van der Waals surface area contributed by atoms with Crippen molar-refractivity contribution in [3.63, 3.8) is 0 Å². The molecule has 196 valence electrons. The van der Waals surface area contributed by atoms with Crippen molar-refractivity contribution in [2.45, 2.75) is 64.1 Å². The maximum atomic E-state index is 14.3. The van der Waals surface area contributed by atoms with E-state index in [1.165, 1.54) is 0 Å². The van der Waals surface area contributed by atoms with Crippen molar-refractivity contribution < 1.29 is 19.1 Å². The van der Waals surface area contributed by atoms with Gasteiger partial charge in [0, 0.05) is 28.6 Å². The second-order valence-corrected chi connectivity index (χ2v) is 12.1. The number of nitrogens with two attached hydrogens (primary N) is 2. The van der Waals surface area contributed by atoms with Crippen LogP contribution in [0.5, 0.6) is 5.75 Å². The van der Waals surface area contributed by atoms with E-state index in [1.807, 2.05) is 17.0 Å². The number of carbonyl (C=O) groups is 3. The molecule has 3 amide bonds. The van der Waals surface area contributed by atoms with Gasteiger partial charge in [0.25, 0.3) is 5.91 Å². The van der Waals surface area contributed by atoms with Gasteiger partial charge in [0.2, 0.25) is 11.8 Å². The van der Waals surface area contributed by atoms with Gasteiger partial charge < -0.3 is 21.1 Å². The van der Waals surface area contributed by atoms with Crippen molar-refractivity contribution >= 4 is 29.3 Å². The molecular weight excluding hydrogens is 490 g/mol. The molecule has 8 heteroatoms. The van der Waals surface area contributed by atoms with Crippen LogP contribution in [0.2, 0.25) is 5.02 Å². The highest BCUT2D eigenvalue weighted by atomic mass is 35.5. The third-order valence-corrected chi connectivity index (χ3v) is 8.91. The second kappa shape index (κ2) is 9.35. The van der Waals surface area contributed by atoms with Crippen molar-refractivity contribution in [1.29, 1.82) is 0 Å². The molecule has 2 aromatic rings. The highest BCUT2D eigenvalue weighted by Crippen LogP contribution is 2.61. The molecule has 0 spiro atoms. The van der Waals surface area contributed by atoms with Gasteiger partial charge in [0.15, 0.2) is 5.60 Å². The van der Waals surface area contributed by atoms with Crippen molar-refractivity contribution in [3.8, 4) is 5.75 Å². The highest BCUT2D eigenvalue weighted by Gasteiger charge is 2.60. The van der Waals surface area contributed by atoms with Gasteiger partial charge in [-0.15, -0.1) is 0 Å². The van der Waals surface area contributed by atoms with Crippen LogP contribution in [0.4, 0.5) is 0 Å². The van der Waals surface area contributed by atoms with Crippen LogP contribution in [0.3, 0.4) is 0 Å². The third kappa shape index (κ3) is 4.81. The van der Waals surface area contributed by atoms with E-state index in [1.54, 1.807) is 50.2 Å². The molecule has 0 heterocycles. The van der Waals surface area contributed by atoms with E-state index in [4.69, 9.17) is 27.8 Å². The molecule has 4 N–H and O–H groups in total. The number of hydrogen-bond acceptors (Lipinski definition) is 4. The second-order valence-electron chi connectivity index (χ2n) is 11.7. The van der Waals surface area contributed by atoms with Gasteiger partial charge in [0.1, 0.15) is 5.75 Å². The molecule has 0 aromatic heterocycles. The van der Waals surface area contributed by atoms with Crippen molar-refractivity contribution in [1.82, 2.24) is 4.90 Å². The Labute approximate surface area is 222 Å². The van der Waals surface area contributed by atoms with E-state index in [2.05, 4.69) is 0 Å². The first-order chi connectivity index (χ1) is 17.5. The van der Waals surface area contributed by atoms with Crippen LogP contribution >= 0.6 is 11.6 Å². The maximum Gasteiger partial charge on any atom is 0.266 e. The number of ether oxygens (including phenoxy) is 1. The van der Waals surface area contributed by atoms with E-state index in [-0.39, 0.29) is 29.7 Å². The minimum atomic E-state index is -1.14. The molecule has 0 radical (unpaired) electrons. The number of amides is 3. The number of rotatable bonds is 8. The number of hydrogen-bond donors (Lipinski definition) is 2. The SMILES string of the molecule is CC(C)(Oc1ccc(Cl)cc1)C(=O)N(Cc1ccc(C(N)=O)cc1)C1C2CC3CC1CC(C(N)=O)(C3)C2. The summed E-state index contributed by atoms with van der Waals surface area (Å²) in [5.74, 6) is 0.647. The Morgan fingerprint density at radius 2 is 1.57 bits per heavy atom. The van der Waals surface area contributed by atoms with Gasteiger partial charge in [0.05, 0.1) is 0 Å². The summed E-state index contributed by atoms with van der Waals surface area (Å²) in [5.41, 5.74) is 11.1. The van der Waals surface area contributed by atoms with Crippen LogP contribution in [0.1, 0.15) is 61.9 Å². The Hall–Kier alpha value is -3.06. The first-order valence-corrected chi connectivity index (χ1v) is 13.3. The summed E-state index contributed by atoms with van der Waals surface area (Å²) in [4.78, 5) is 40.3. The Morgan fingerprint density at radius 1 is 0.973 bits per heavy atom. The molecule has 4 fully saturated rings. The highest BCUT2D eigenvalue weighted by molar-refractivity contribution is 6.30. The summed E-state index contributed by atoms with van der Waals surface area (Å²) >= 11 is 6.03. The maximum absolute atomic E-state index is 14.3. The molecule has 4 bridgehead atoms. The van der Waals surface area contributed by atoms with E-state index >= 15 is 0 Å². The lowest BCUT2D eigenvalue weighted by Gasteiger charge is -2.61. The zero-order valence-corrected chi connectivity index (χ0v) is 22.0. The van der Waals surface area contributed by atoms with Crippen molar-refractivity contribution in [2.24, 2.45) is 34.6 Å². The van der Waals surface area contributed by atoms with Gasteiger partial charge in [-0.3, -0.25) is 14.4 Å². The minimum absolute atomic E-state index is 0.0135. The Kier molecular flexibility index (Phi) is 6.47. The van der Waals surface area contributed by atoms with Crippen LogP contribution in [0, 0.1) is 23.2 Å².